The van der Waals surface area contributed by atoms with Gasteiger partial charge in [0, 0.05) is 17.2 Å². The molecule has 0 saturated heterocycles. The van der Waals surface area contributed by atoms with E-state index < -0.39 is 17.7 Å². The Morgan fingerprint density at radius 3 is 2.16 bits per heavy atom. The Bertz CT molecular complexity index is 584. The summed E-state index contributed by atoms with van der Waals surface area (Å²) in [6.07, 6.45) is 0.110. The van der Waals surface area contributed by atoms with Crippen molar-refractivity contribution in [2.75, 3.05) is 0 Å². The van der Waals surface area contributed by atoms with Crippen LogP contribution in [-0.2, 0) is 6.42 Å². The molecule has 2 N–H and O–H groups in total. The van der Waals surface area contributed by atoms with Crippen LogP contribution in [0.15, 0.2) is 22.6 Å². The third-order valence-electron chi connectivity index (χ3n) is 3.47. The first-order valence-electron chi connectivity index (χ1n) is 6.16. The van der Waals surface area contributed by atoms with Crippen LogP contribution in [0.2, 0.25) is 0 Å². The van der Waals surface area contributed by atoms with E-state index in [2.05, 4.69) is 0 Å². The van der Waals surface area contributed by atoms with Crippen molar-refractivity contribution in [1.82, 2.24) is 0 Å². The molecule has 102 valence electrons. The lowest BCUT2D eigenvalue weighted by Gasteiger charge is -2.13. The van der Waals surface area contributed by atoms with Gasteiger partial charge in [0.05, 0.1) is 0 Å². The fourth-order valence-corrected chi connectivity index (χ4v) is 2.40. The third kappa shape index (κ3) is 2.54. The lowest BCUT2D eigenvalue weighted by molar-refractivity contribution is 0.493. The molecule has 0 radical (unpaired) electrons. The summed E-state index contributed by atoms with van der Waals surface area (Å²) in [5, 5.41) is 0. The van der Waals surface area contributed by atoms with Crippen LogP contribution in [-0.4, -0.2) is 0 Å². The summed E-state index contributed by atoms with van der Waals surface area (Å²) in [6, 6.07) is 3.35. The molecule has 19 heavy (non-hydrogen) atoms. The van der Waals surface area contributed by atoms with E-state index in [4.69, 9.17) is 10.2 Å². The molecule has 1 aromatic carbocycles. The van der Waals surface area contributed by atoms with Crippen LogP contribution in [0, 0.1) is 32.4 Å². The normalized spacial score (nSPS) is 12.7. The van der Waals surface area contributed by atoms with Gasteiger partial charge in [-0.25, -0.2) is 8.78 Å². The van der Waals surface area contributed by atoms with Crippen molar-refractivity contribution in [2.45, 2.75) is 33.2 Å². The lowest BCUT2D eigenvalue weighted by Crippen LogP contribution is -2.16. The summed E-state index contributed by atoms with van der Waals surface area (Å²) in [5.74, 6) is 0.369. The molecular weight excluding hydrogens is 248 g/mol. The summed E-state index contributed by atoms with van der Waals surface area (Å²) in [5.41, 5.74) is 7.89. The van der Waals surface area contributed by atoms with Gasteiger partial charge in [-0.05, 0) is 44.9 Å². The first-order chi connectivity index (χ1) is 8.91. The maximum atomic E-state index is 13.6. The van der Waals surface area contributed by atoms with Crippen molar-refractivity contribution in [3.8, 4) is 0 Å². The quantitative estimate of drug-likeness (QED) is 0.918. The van der Waals surface area contributed by atoms with Crippen molar-refractivity contribution in [3.05, 3.63) is 58.0 Å². The Balaban J connectivity index is 2.33. The highest BCUT2D eigenvalue weighted by molar-refractivity contribution is 5.35. The molecule has 2 aromatic rings. The van der Waals surface area contributed by atoms with E-state index >= 15 is 0 Å². The van der Waals surface area contributed by atoms with Crippen LogP contribution in [0.1, 0.15) is 34.3 Å². The zero-order chi connectivity index (χ0) is 14.2. The minimum Gasteiger partial charge on any atom is -0.466 e. The van der Waals surface area contributed by atoms with E-state index in [1.807, 2.05) is 20.8 Å². The van der Waals surface area contributed by atoms with Crippen molar-refractivity contribution >= 4 is 0 Å². The van der Waals surface area contributed by atoms with Crippen molar-refractivity contribution in [1.29, 1.82) is 0 Å². The lowest BCUT2D eigenvalue weighted by atomic mass is 9.96. The van der Waals surface area contributed by atoms with Gasteiger partial charge in [0.15, 0.2) is 0 Å². The van der Waals surface area contributed by atoms with Gasteiger partial charge in [-0.2, -0.15) is 0 Å². The molecule has 0 amide bonds. The molecule has 4 heteroatoms. The number of nitrogens with two attached hydrogens (primary N) is 1. The Hall–Kier alpha value is -1.68. The van der Waals surface area contributed by atoms with Crippen LogP contribution in [0.4, 0.5) is 8.78 Å². The van der Waals surface area contributed by atoms with Crippen LogP contribution in [0.5, 0.6) is 0 Å². The zero-order valence-electron chi connectivity index (χ0n) is 11.3. The Kier molecular flexibility index (Phi) is 3.71. The fraction of sp³-hybridized carbons (Fsp3) is 0.333. The van der Waals surface area contributed by atoms with E-state index in [1.165, 1.54) is 18.2 Å². The molecule has 1 atom stereocenters. The van der Waals surface area contributed by atoms with Gasteiger partial charge in [-0.3, -0.25) is 0 Å². The highest BCUT2D eigenvalue weighted by Crippen LogP contribution is 2.29. The van der Waals surface area contributed by atoms with E-state index in [1.54, 1.807) is 0 Å². The number of furan rings is 1. The van der Waals surface area contributed by atoms with E-state index in [9.17, 15) is 8.78 Å². The first kappa shape index (κ1) is 13.7. The number of halogens is 2. The predicted molar refractivity (Wildman–Crippen MR) is 69.9 cm³/mol. The molecule has 0 aliphatic rings. The molecule has 0 fully saturated rings. The Labute approximate surface area is 111 Å². The molecule has 0 spiro atoms. The highest BCUT2D eigenvalue weighted by atomic mass is 19.1. The van der Waals surface area contributed by atoms with Gasteiger partial charge < -0.3 is 10.2 Å². The molecule has 0 aliphatic carbocycles. The summed E-state index contributed by atoms with van der Waals surface area (Å²) < 4.78 is 32.7. The van der Waals surface area contributed by atoms with Gasteiger partial charge in [0.2, 0.25) is 0 Å². The predicted octanol–water partition coefficient (Wildman–Crippen LogP) is 3.73. The topological polar surface area (TPSA) is 39.2 Å². The van der Waals surface area contributed by atoms with Crippen LogP contribution >= 0.6 is 0 Å². The van der Waals surface area contributed by atoms with Gasteiger partial charge >= 0.3 is 0 Å². The van der Waals surface area contributed by atoms with Crippen molar-refractivity contribution in [2.24, 2.45) is 5.73 Å². The molecule has 0 bridgehead atoms. The van der Waals surface area contributed by atoms with Gasteiger partial charge in [-0.1, -0.05) is 6.07 Å². The summed E-state index contributed by atoms with van der Waals surface area (Å²) >= 11 is 0. The average Bonchev–Trinajstić information content (AvgIpc) is 2.58. The SMILES string of the molecule is Cc1oc(C)c(C(N)Cc2c(F)cccc2F)c1C. The maximum Gasteiger partial charge on any atom is 0.129 e. The fourth-order valence-electron chi connectivity index (χ4n) is 2.40. The second kappa shape index (κ2) is 5.13. The number of hydrogen-bond donors (Lipinski definition) is 1. The molecule has 1 aromatic heterocycles. The Morgan fingerprint density at radius 1 is 1.11 bits per heavy atom. The monoisotopic (exact) mass is 265 g/mol. The second-order valence-electron chi connectivity index (χ2n) is 4.76. The van der Waals surface area contributed by atoms with Gasteiger partial charge in [0.1, 0.15) is 23.2 Å². The molecule has 1 unspecified atom stereocenters. The number of hydrogen-bond acceptors (Lipinski definition) is 2. The third-order valence-corrected chi connectivity index (χ3v) is 3.47. The minimum absolute atomic E-state index is 0.0210. The van der Waals surface area contributed by atoms with E-state index in [-0.39, 0.29) is 12.0 Å². The minimum atomic E-state index is -0.564. The van der Waals surface area contributed by atoms with Crippen LogP contribution in [0.25, 0.3) is 0 Å². The summed E-state index contributed by atoms with van der Waals surface area (Å²) in [6.45, 7) is 5.56. The molecule has 1 heterocycles. The number of benzene rings is 1. The molecular formula is C15H17F2NO. The molecule has 2 nitrogen and oxygen atoms in total. The van der Waals surface area contributed by atoms with Crippen LogP contribution < -0.4 is 5.73 Å². The first-order valence-corrected chi connectivity index (χ1v) is 6.16. The largest absolute Gasteiger partial charge is 0.466 e. The van der Waals surface area contributed by atoms with Crippen LogP contribution in [0.3, 0.4) is 0 Å². The average molecular weight is 265 g/mol. The van der Waals surface area contributed by atoms with E-state index in [0.29, 0.717) is 5.76 Å². The zero-order valence-corrected chi connectivity index (χ0v) is 11.3. The molecule has 0 aliphatic heterocycles. The summed E-state index contributed by atoms with van der Waals surface area (Å²) in [7, 11) is 0. The number of aryl methyl sites for hydroxylation is 2. The Morgan fingerprint density at radius 2 is 1.68 bits per heavy atom. The summed E-state index contributed by atoms with van der Waals surface area (Å²) in [4.78, 5) is 0. The van der Waals surface area contributed by atoms with Crippen molar-refractivity contribution in [3.63, 3.8) is 0 Å². The van der Waals surface area contributed by atoms with Gasteiger partial charge in [0.25, 0.3) is 0 Å². The standard InChI is InChI=1S/C15H17F2NO/c1-8-9(2)19-10(3)15(8)14(18)7-11-12(16)5-4-6-13(11)17/h4-6,14H,7,18H2,1-3H3. The van der Waals surface area contributed by atoms with Crippen molar-refractivity contribution < 1.29 is 13.2 Å². The highest BCUT2D eigenvalue weighted by Gasteiger charge is 2.20. The maximum absolute atomic E-state index is 13.6. The second-order valence-corrected chi connectivity index (χ2v) is 4.76. The number of rotatable bonds is 3. The smallest absolute Gasteiger partial charge is 0.129 e. The van der Waals surface area contributed by atoms with E-state index in [0.717, 1.165) is 16.9 Å². The molecule has 2 rings (SSSR count). The van der Waals surface area contributed by atoms with Gasteiger partial charge in [-0.15, -0.1) is 0 Å². The molecule has 0 saturated carbocycles.